The van der Waals surface area contributed by atoms with Crippen LogP contribution < -0.4 is 15.4 Å². The van der Waals surface area contributed by atoms with Gasteiger partial charge < -0.3 is 20.1 Å². The molecular formula is C28H24N2O5. The van der Waals surface area contributed by atoms with Gasteiger partial charge in [0.05, 0.1) is 25.3 Å². The first-order chi connectivity index (χ1) is 17.0. The van der Waals surface area contributed by atoms with Crippen LogP contribution in [0.3, 0.4) is 0 Å². The van der Waals surface area contributed by atoms with Crippen LogP contribution in [0.2, 0.25) is 0 Å². The molecule has 0 aliphatic heterocycles. The predicted molar refractivity (Wildman–Crippen MR) is 134 cm³/mol. The summed E-state index contributed by atoms with van der Waals surface area (Å²) >= 11 is 0. The number of nitrogens with one attached hydrogen (secondary N) is 2. The maximum absolute atomic E-state index is 12.9. The Morgan fingerprint density at radius 3 is 2.29 bits per heavy atom. The number of methoxy groups -OCH3 is 2. The van der Waals surface area contributed by atoms with Gasteiger partial charge in [-0.15, -0.1) is 0 Å². The lowest BCUT2D eigenvalue weighted by molar-refractivity contribution is 0.0600. The molecule has 4 aromatic rings. The van der Waals surface area contributed by atoms with Crippen molar-refractivity contribution in [3.05, 3.63) is 107 Å². The van der Waals surface area contributed by atoms with Gasteiger partial charge in [0.1, 0.15) is 5.75 Å². The van der Waals surface area contributed by atoms with Crippen molar-refractivity contribution in [3.63, 3.8) is 0 Å². The molecule has 0 saturated carbocycles. The summed E-state index contributed by atoms with van der Waals surface area (Å²) in [6.45, 7) is 0.143. The number of amides is 2. The number of benzene rings is 4. The highest BCUT2D eigenvalue weighted by molar-refractivity contribution is 6.08. The van der Waals surface area contributed by atoms with E-state index in [1.54, 1.807) is 42.5 Å². The number of para-hydroxylation sites is 1. The maximum atomic E-state index is 12.9. The Morgan fingerprint density at radius 2 is 1.49 bits per heavy atom. The first-order valence-electron chi connectivity index (χ1n) is 10.9. The first-order valence-corrected chi connectivity index (χ1v) is 10.9. The van der Waals surface area contributed by atoms with Gasteiger partial charge >= 0.3 is 5.97 Å². The zero-order chi connectivity index (χ0) is 24.8. The Balaban J connectivity index is 1.57. The number of hydrogen-bond acceptors (Lipinski definition) is 5. The van der Waals surface area contributed by atoms with Crippen molar-refractivity contribution in [3.8, 4) is 5.75 Å². The van der Waals surface area contributed by atoms with E-state index in [9.17, 15) is 14.4 Å². The summed E-state index contributed by atoms with van der Waals surface area (Å²) in [5.41, 5.74) is 2.16. The first kappa shape index (κ1) is 23.5. The van der Waals surface area contributed by atoms with Crippen molar-refractivity contribution in [1.29, 1.82) is 0 Å². The SMILES string of the molecule is COC(=O)c1cc(CNC(=O)c2cccc3ccccc23)cc(NC(=O)c2ccccc2OC)c1. The molecule has 0 spiro atoms. The molecule has 0 unspecified atom stereocenters. The van der Waals surface area contributed by atoms with E-state index in [4.69, 9.17) is 9.47 Å². The fourth-order valence-corrected chi connectivity index (χ4v) is 3.83. The third-order valence-electron chi connectivity index (χ3n) is 5.51. The molecular weight excluding hydrogens is 444 g/mol. The molecule has 0 heterocycles. The summed E-state index contributed by atoms with van der Waals surface area (Å²) in [6.07, 6.45) is 0. The van der Waals surface area contributed by atoms with Gasteiger partial charge in [0.25, 0.3) is 11.8 Å². The van der Waals surface area contributed by atoms with Crippen molar-refractivity contribution >= 4 is 34.2 Å². The van der Waals surface area contributed by atoms with Crippen LogP contribution in [0.15, 0.2) is 84.9 Å². The summed E-state index contributed by atoms with van der Waals surface area (Å²) < 4.78 is 10.1. The van der Waals surface area contributed by atoms with Gasteiger partial charge in [-0.1, -0.05) is 48.5 Å². The van der Waals surface area contributed by atoms with Gasteiger partial charge in [-0.2, -0.15) is 0 Å². The van der Waals surface area contributed by atoms with E-state index in [1.807, 2.05) is 36.4 Å². The molecule has 0 aromatic heterocycles. The number of fused-ring (bicyclic) bond motifs is 1. The van der Waals surface area contributed by atoms with Gasteiger partial charge in [-0.3, -0.25) is 9.59 Å². The normalized spacial score (nSPS) is 10.5. The van der Waals surface area contributed by atoms with Gasteiger partial charge in [-0.25, -0.2) is 4.79 Å². The van der Waals surface area contributed by atoms with E-state index < -0.39 is 11.9 Å². The summed E-state index contributed by atoms with van der Waals surface area (Å²) in [5, 5.41) is 7.51. The Bertz CT molecular complexity index is 1410. The number of hydrogen-bond donors (Lipinski definition) is 2. The molecule has 0 atom stereocenters. The number of anilines is 1. The molecule has 4 rings (SSSR count). The minimum absolute atomic E-state index is 0.143. The van der Waals surface area contributed by atoms with Gasteiger partial charge in [0, 0.05) is 17.8 Å². The van der Waals surface area contributed by atoms with E-state index in [2.05, 4.69) is 10.6 Å². The number of ether oxygens (including phenoxy) is 2. The Hall–Kier alpha value is -4.65. The Kier molecular flexibility index (Phi) is 7.07. The largest absolute Gasteiger partial charge is 0.496 e. The lowest BCUT2D eigenvalue weighted by atomic mass is 10.0. The summed E-state index contributed by atoms with van der Waals surface area (Å²) in [5.74, 6) is -0.767. The zero-order valence-corrected chi connectivity index (χ0v) is 19.3. The van der Waals surface area contributed by atoms with Crippen LogP contribution in [0, 0.1) is 0 Å². The zero-order valence-electron chi connectivity index (χ0n) is 19.3. The van der Waals surface area contributed by atoms with E-state index in [0.717, 1.165) is 10.8 Å². The van der Waals surface area contributed by atoms with Crippen LogP contribution in [-0.4, -0.2) is 32.0 Å². The molecule has 7 heteroatoms. The number of rotatable bonds is 7. The quantitative estimate of drug-likeness (QED) is 0.380. The van der Waals surface area contributed by atoms with Crippen LogP contribution in [0.25, 0.3) is 10.8 Å². The predicted octanol–water partition coefficient (Wildman–Crippen LogP) is 4.82. The van der Waals surface area contributed by atoms with Crippen LogP contribution in [0.4, 0.5) is 5.69 Å². The molecule has 0 radical (unpaired) electrons. The van der Waals surface area contributed by atoms with E-state index in [1.165, 1.54) is 20.3 Å². The Morgan fingerprint density at radius 1 is 0.771 bits per heavy atom. The fourth-order valence-electron chi connectivity index (χ4n) is 3.83. The maximum Gasteiger partial charge on any atom is 0.337 e. The molecule has 0 aliphatic rings. The van der Waals surface area contributed by atoms with Crippen molar-refractivity contribution < 1.29 is 23.9 Å². The second-order valence-corrected chi connectivity index (χ2v) is 7.77. The topological polar surface area (TPSA) is 93.7 Å². The van der Waals surface area contributed by atoms with Crippen molar-refractivity contribution in [2.24, 2.45) is 0 Å². The van der Waals surface area contributed by atoms with Crippen molar-refractivity contribution in [2.75, 3.05) is 19.5 Å². The van der Waals surface area contributed by atoms with Gasteiger partial charge in [-0.05, 0) is 52.7 Å². The number of carbonyl (C=O) groups is 3. The average Bonchev–Trinajstić information content (AvgIpc) is 2.90. The summed E-state index contributed by atoms with van der Waals surface area (Å²) in [7, 11) is 2.77. The number of carbonyl (C=O) groups excluding carboxylic acids is 3. The average molecular weight is 469 g/mol. The molecule has 0 bridgehead atoms. The third-order valence-corrected chi connectivity index (χ3v) is 5.51. The van der Waals surface area contributed by atoms with Crippen molar-refractivity contribution in [2.45, 2.75) is 6.54 Å². The number of esters is 1. The summed E-state index contributed by atoms with van der Waals surface area (Å²) in [4.78, 5) is 38.0. The third kappa shape index (κ3) is 5.30. The van der Waals surface area contributed by atoms with Crippen LogP contribution in [-0.2, 0) is 11.3 Å². The standard InChI is InChI=1S/C28H24N2O5/c1-34-25-13-6-5-11-24(25)27(32)30-21-15-18(14-20(16-21)28(33)35-2)17-29-26(31)23-12-7-9-19-8-3-4-10-22(19)23/h3-16H,17H2,1-2H3,(H,29,31)(H,30,32). The van der Waals surface area contributed by atoms with Crippen LogP contribution in [0.5, 0.6) is 5.75 Å². The molecule has 0 fully saturated rings. The van der Waals surface area contributed by atoms with E-state index in [-0.39, 0.29) is 18.0 Å². The van der Waals surface area contributed by atoms with Crippen molar-refractivity contribution in [1.82, 2.24) is 5.32 Å². The molecule has 4 aromatic carbocycles. The van der Waals surface area contributed by atoms with E-state index >= 15 is 0 Å². The van der Waals surface area contributed by atoms with Crippen LogP contribution >= 0.6 is 0 Å². The molecule has 0 saturated heterocycles. The molecule has 0 aliphatic carbocycles. The molecule has 35 heavy (non-hydrogen) atoms. The molecule has 2 amide bonds. The Labute approximate surface area is 202 Å². The fraction of sp³-hybridized carbons (Fsp3) is 0.107. The second-order valence-electron chi connectivity index (χ2n) is 7.77. The summed E-state index contributed by atoms with van der Waals surface area (Å²) in [6, 6.07) is 24.9. The minimum Gasteiger partial charge on any atom is -0.496 e. The second kappa shape index (κ2) is 10.5. The van der Waals surface area contributed by atoms with Gasteiger partial charge in [0.2, 0.25) is 0 Å². The monoisotopic (exact) mass is 468 g/mol. The molecule has 176 valence electrons. The lowest BCUT2D eigenvalue weighted by Gasteiger charge is -2.13. The smallest absolute Gasteiger partial charge is 0.337 e. The highest BCUT2D eigenvalue weighted by Crippen LogP contribution is 2.22. The van der Waals surface area contributed by atoms with Gasteiger partial charge in [0.15, 0.2) is 0 Å². The highest BCUT2D eigenvalue weighted by atomic mass is 16.5. The highest BCUT2D eigenvalue weighted by Gasteiger charge is 2.16. The lowest BCUT2D eigenvalue weighted by Crippen LogP contribution is -2.23. The molecule has 2 N–H and O–H groups in total. The molecule has 7 nitrogen and oxygen atoms in total. The minimum atomic E-state index is -0.556. The van der Waals surface area contributed by atoms with Crippen LogP contribution in [0.1, 0.15) is 36.6 Å². The van der Waals surface area contributed by atoms with E-state index in [0.29, 0.717) is 28.1 Å².